The third kappa shape index (κ3) is 3.22. The number of hydrogen-bond acceptors (Lipinski definition) is 2. The highest BCUT2D eigenvalue weighted by Crippen LogP contribution is 2.27. The molecular weight excluding hydrogens is 229 g/mol. The maximum Gasteiger partial charge on any atom is 0.131 e. The minimum atomic E-state index is -0.194. The Kier molecular flexibility index (Phi) is 4.59. The average molecular weight is 251 g/mol. The van der Waals surface area contributed by atoms with E-state index in [9.17, 15) is 4.39 Å². The molecule has 1 fully saturated rings. The number of halogens is 1. The van der Waals surface area contributed by atoms with Gasteiger partial charge in [-0.3, -0.25) is 0 Å². The largest absolute Gasteiger partial charge is 0.497 e. The van der Waals surface area contributed by atoms with Crippen molar-refractivity contribution < 1.29 is 9.13 Å². The Morgan fingerprint density at radius 2 is 2.11 bits per heavy atom. The van der Waals surface area contributed by atoms with E-state index >= 15 is 0 Å². The predicted molar refractivity (Wildman–Crippen MR) is 71.2 cm³/mol. The van der Waals surface area contributed by atoms with Gasteiger partial charge in [-0.2, -0.15) is 0 Å². The average Bonchev–Trinajstić information content (AvgIpc) is 2.90. The third-order valence-electron chi connectivity index (χ3n) is 3.98. The van der Waals surface area contributed by atoms with Crippen LogP contribution in [0.15, 0.2) is 18.2 Å². The maximum absolute atomic E-state index is 13.7. The van der Waals surface area contributed by atoms with Crippen molar-refractivity contribution in [3.05, 3.63) is 29.6 Å². The second-order valence-electron chi connectivity index (χ2n) is 5.17. The van der Waals surface area contributed by atoms with Crippen molar-refractivity contribution in [1.29, 1.82) is 0 Å². The van der Waals surface area contributed by atoms with Crippen LogP contribution in [-0.4, -0.2) is 13.2 Å². The number of hydrogen-bond donors (Lipinski definition) is 1. The van der Waals surface area contributed by atoms with E-state index in [2.05, 4.69) is 12.2 Å². The molecule has 0 aliphatic heterocycles. The van der Waals surface area contributed by atoms with Gasteiger partial charge in [0.25, 0.3) is 0 Å². The van der Waals surface area contributed by atoms with Gasteiger partial charge in [-0.1, -0.05) is 18.9 Å². The van der Waals surface area contributed by atoms with Gasteiger partial charge in [0, 0.05) is 24.2 Å². The molecule has 3 heteroatoms. The molecule has 0 radical (unpaired) electrons. The van der Waals surface area contributed by atoms with Crippen LogP contribution >= 0.6 is 0 Å². The Hall–Kier alpha value is -1.09. The lowest BCUT2D eigenvalue weighted by Gasteiger charge is -2.20. The molecule has 2 nitrogen and oxygen atoms in total. The van der Waals surface area contributed by atoms with Crippen molar-refractivity contribution in [2.24, 2.45) is 5.92 Å². The van der Waals surface area contributed by atoms with E-state index in [4.69, 9.17) is 4.74 Å². The predicted octanol–water partition coefficient (Wildman–Crippen LogP) is 3.50. The lowest BCUT2D eigenvalue weighted by molar-refractivity contribution is 0.377. The molecule has 0 spiro atoms. The van der Waals surface area contributed by atoms with Crippen LogP contribution in [0.5, 0.6) is 5.75 Å². The molecule has 100 valence electrons. The number of rotatable bonds is 5. The van der Waals surface area contributed by atoms with E-state index in [1.54, 1.807) is 19.2 Å². The lowest BCUT2D eigenvalue weighted by Crippen LogP contribution is -2.32. The second-order valence-corrected chi connectivity index (χ2v) is 5.17. The van der Waals surface area contributed by atoms with E-state index in [1.807, 2.05) is 0 Å². The quantitative estimate of drug-likeness (QED) is 0.864. The highest BCUT2D eigenvalue weighted by Gasteiger charge is 2.21. The van der Waals surface area contributed by atoms with Crippen LogP contribution in [0.2, 0.25) is 0 Å². The summed E-state index contributed by atoms with van der Waals surface area (Å²) in [6.45, 7) is 2.80. The number of methoxy groups -OCH3 is 1. The Morgan fingerprint density at radius 1 is 1.39 bits per heavy atom. The molecule has 1 aromatic carbocycles. The smallest absolute Gasteiger partial charge is 0.131 e. The van der Waals surface area contributed by atoms with Crippen molar-refractivity contribution >= 4 is 0 Å². The first kappa shape index (κ1) is 13.3. The zero-order valence-electron chi connectivity index (χ0n) is 11.2. The first-order chi connectivity index (χ1) is 8.70. The van der Waals surface area contributed by atoms with Crippen LogP contribution in [0, 0.1) is 11.7 Å². The highest BCUT2D eigenvalue weighted by atomic mass is 19.1. The molecule has 1 aliphatic carbocycles. The minimum absolute atomic E-state index is 0.194. The van der Waals surface area contributed by atoms with E-state index < -0.39 is 0 Å². The zero-order chi connectivity index (χ0) is 13.0. The standard InChI is InChI=1S/C15H22FNO/c1-11(12-5-3-4-6-12)17-10-13-7-8-14(18-2)9-15(13)16/h7-9,11-12,17H,3-6,10H2,1-2H3/t11-/m1/s1. The van der Waals surface area contributed by atoms with Gasteiger partial charge in [0.15, 0.2) is 0 Å². The van der Waals surface area contributed by atoms with Crippen molar-refractivity contribution in [2.75, 3.05) is 7.11 Å². The van der Waals surface area contributed by atoms with Gasteiger partial charge in [-0.05, 0) is 31.7 Å². The molecule has 2 rings (SSSR count). The molecule has 0 amide bonds. The summed E-state index contributed by atoms with van der Waals surface area (Å²) in [5.41, 5.74) is 0.709. The van der Waals surface area contributed by atoms with Crippen LogP contribution in [0.3, 0.4) is 0 Å². The number of ether oxygens (including phenoxy) is 1. The lowest BCUT2D eigenvalue weighted by atomic mass is 9.99. The van der Waals surface area contributed by atoms with Crippen LogP contribution < -0.4 is 10.1 Å². The first-order valence-corrected chi connectivity index (χ1v) is 6.76. The fourth-order valence-corrected chi connectivity index (χ4v) is 2.69. The van der Waals surface area contributed by atoms with Gasteiger partial charge in [-0.15, -0.1) is 0 Å². The summed E-state index contributed by atoms with van der Waals surface area (Å²) in [5.74, 6) is 1.13. The summed E-state index contributed by atoms with van der Waals surface area (Å²) < 4.78 is 18.7. The first-order valence-electron chi connectivity index (χ1n) is 6.76. The summed E-state index contributed by atoms with van der Waals surface area (Å²) >= 11 is 0. The van der Waals surface area contributed by atoms with Gasteiger partial charge in [0.2, 0.25) is 0 Å². The molecule has 0 saturated heterocycles. The maximum atomic E-state index is 13.7. The van der Waals surface area contributed by atoms with Crippen molar-refractivity contribution in [3.63, 3.8) is 0 Å². The Bertz CT molecular complexity index is 388. The van der Waals surface area contributed by atoms with Gasteiger partial charge in [-0.25, -0.2) is 4.39 Å². The molecule has 0 aromatic heterocycles. The second kappa shape index (κ2) is 6.19. The topological polar surface area (TPSA) is 21.3 Å². The van der Waals surface area contributed by atoms with E-state index in [0.29, 0.717) is 23.9 Å². The molecule has 0 heterocycles. The Balaban J connectivity index is 1.89. The highest BCUT2D eigenvalue weighted by molar-refractivity contribution is 5.28. The minimum Gasteiger partial charge on any atom is -0.497 e. The van der Waals surface area contributed by atoms with Gasteiger partial charge in [0.1, 0.15) is 11.6 Å². The summed E-state index contributed by atoms with van der Waals surface area (Å²) in [5, 5.41) is 3.44. The van der Waals surface area contributed by atoms with Gasteiger partial charge in [0.05, 0.1) is 7.11 Å². The summed E-state index contributed by atoms with van der Waals surface area (Å²) in [7, 11) is 1.55. The summed E-state index contributed by atoms with van der Waals surface area (Å²) in [6, 6.07) is 5.51. The summed E-state index contributed by atoms with van der Waals surface area (Å²) in [4.78, 5) is 0. The number of nitrogens with one attached hydrogen (secondary N) is 1. The molecule has 1 saturated carbocycles. The molecule has 1 aromatic rings. The van der Waals surface area contributed by atoms with Crippen molar-refractivity contribution in [3.8, 4) is 5.75 Å². The Morgan fingerprint density at radius 3 is 2.72 bits per heavy atom. The SMILES string of the molecule is COc1ccc(CN[C@H](C)C2CCCC2)c(F)c1. The molecule has 1 atom stereocenters. The van der Waals surface area contributed by atoms with Crippen molar-refractivity contribution in [2.45, 2.75) is 45.2 Å². The van der Waals surface area contributed by atoms with E-state index in [1.165, 1.54) is 31.7 Å². The zero-order valence-corrected chi connectivity index (χ0v) is 11.2. The van der Waals surface area contributed by atoms with Crippen LogP contribution in [-0.2, 0) is 6.54 Å². The van der Waals surface area contributed by atoms with E-state index in [-0.39, 0.29) is 5.82 Å². The Labute approximate surface area is 109 Å². The van der Waals surface area contributed by atoms with Gasteiger partial charge < -0.3 is 10.1 Å². The molecule has 18 heavy (non-hydrogen) atoms. The molecule has 0 unspecified atom stereocenters. The fourth-order valence-electron chi connectivity index (χ4n) is 2.69. The van der Waals surface area contributed by atoms with Crippen LogP contribution in [0.25, 0.3) is 0 Å². The third-order valence-corrected chi connectivity index (χ3v) is 3.98. The van der Waals surface area contributed by atoms with E-state index in [0.717, 1.165) is 5.92 Å². The normalized spacial score (nSPS) is 17.9. The van der Waals surface area contributed by atoms with Gasteiger partial charge >= 0.3 is 0 Å². The molecule has 1 N–H and O–H groups in total. The molecular formula is C15H22FNO. The number of benzene rings is 1. The summed E-state index contributed by atoms with van der Waals surface area (Å²) in [6.07, 6.45) is 5.29. The van der Waals surface area contributed by atoms with Crippen molar-refractivity contribution in [1.82, 2.24) is 5.32 Å². The van der Waals surface area contributed by atoms with Crippen LogP contribution in [0.4, 0.5) is 4.39 Å². The monoisotopic (exact) mass is 251 g/mol. The molecule has 1 aliphatic rings. The molecule has 0 bridgehead atoms. The fraction of sp³-hybridized carbons (Fsp3) is 0.600. The van der Waals surface area contributed by atoms with Crippen LogP contribution in [0.1, 0.15) is 38.2 Å².